The van der Waals surface area contributed by atoms with Crippen molar-refractivity contribution in [1.82, 2.24) is 4.90 Å². The van der Waals surface area contributed by atoms with Crippen molar-refractivity contribution in [3.8, 4) is 11.5 Å². The summed E-state index contributed by atoms with van der Waals surface area (Å²) in [5.74, 6) is -0.0283. The van der Waals surface area contributed by atoms with E-state index in [1.54, 1.807) is 11.0 Å². The van der Waals surface area contributed by atoms with Crippen molar-refractivity contribution in [2.24, 2.45) is 5.73 Å². The minimum Gasteiger partial charge on any atom is -0.508 e. The summed E-state index contributed by atoms with van der Waals surface area (Å²) >= 11 is 0. The third-order valence-electron chi connectivity index (χ3n) is 4.65. The van der Waals surface area contributed by atoms with Crippen LogP contribution in [-0.4, -0.2) is 41.6 Å². The molecular formula is C18H17N3O4. The average molecular weight is 339 g/mol. The van der Waals surface area contributed by atoms with Crippen LogP contribution in [0.5, 0.6) is 11.5 Å². The van der Waals surface area contributed by atoms with E-state index in [0.29, 0.717) is 11.4 Å². The summed E-state index contributed by atoms with van der Waals surface area (Å²) in [6, 6.07) is 13.8. The molecular weight excluding hydrogens is 322 g/mol. The van der Waals surface area contributed by atoms with Gasteiger partial charge in [-0.05, 0) is 17.7 Å². The SMILES string of the molecule is NC(=O)CN1CC2(c3ccccc3)COc3ccc(O)cc3N2C1=O. The number of carbonyl (C=O) groups excluding carboxylic acids is 2. The molecule has 4 rings (SSSR count). The van der Waals surface area contributed by atoms with E-state index in [1.165, 1.54) is 17.0 Å². The van der Waals surface area contributed by atoms with Gasteiger partial charge in [0.1, 0.15) is 30.2 Å². The van der Waals surface area contributed by atoms with Gasteiger partial charge < -0.3 is 20.5 Å². The smallest absolute Gasteiger partial charge is 0.326 e. The van der Waals surface area contributed by atoms with Crippen molar-refractivity contribution >= 4 is 17.6 Å². The quantitative estimate of drug-likeness (QED) is 0.884. The molecule has 2 aliphatic rings. The second-order valence-electron chi connectivity index (χ2n) is 6.28. The Morgan fingerprint density at radius 2 is 2.00 bits per heavy atom. The highest BCUT2D eigenvalue weighted by atomic mass is 16.5. The third kappa shape index (κ3) is 2.27. The van der Waals surface area contributed by atoms with Gasteiger partial charge in [0.05, 0.1) is 12.2 Å². The molecule has 1 fully saturated rings. The highest BCUT2D eigenvalue weighted by Gasteiger charge is 2.55. The molecule has 128 valence electrons. The molecule has 2 aliphatic heterocycles. The van der Waals surface area contributed by atoms with Crippen molar-refractivity contribution in [3.05, 3.63) is 54.1 Å². The molecule has 0 aromatic heterocycles. The van der Waals surface area contributed by atoms with Gasteiger partial charge in [-0.2, -0.15) is 0 Å². The lowest BCUT2D eigenvalue weighted by atomic mass is 9.88. The first-order valence-corrected chi connectivity index (χ1v) is 7.90. The first kappa shape index (κ1) is 15.3. The number of aromatic hydroxyl groups is 1. The predicted molar refractivity (Wildman–Crippen MR) is 90.4 cm³/mol. The van der Waals surface area contributed by atoms with E-state index in [-0.39, 0.29) is 31.5 Å². The third-order valence-corrected chi connectivity index (χ3v) is 4.65. The summed E-state index contributed by atoms with van der Waals surface area (Å²) in [6.07, 6.45) is 0. The molecule has 0 bridgehead atoms. The second kappa shape index (κ2) is 5.41. The number of carbonyl (C=O) groups is 2. The monoisotopic (exact) mass is 339 g/mol. The molecule has 0 aliphatic carbocycles. The molecule has 7 nitrogen and oxygen atoms in total. The fourth-order valence-electron chi connectivity index (χ4n) is 3.59. The highest BCUT2D eigenvalue weighted by Crippen LogP contribution is 2.48. The number of ether oxygens (including phenoxy) is 1. The molecule has 3 amide bonds. The maximum Gasteiger partial charge on any atom is 0.326 e. The Hall–Kier alpha value is -3.22. The van der Waals surface area contributed by atoms with E-state index in [4.69, 9.17) is 10.5 Å². The normalized spacial score (nSPS) is 21.5. The lowest BCUT2D eigenvalue weighted by Crippen LogP contribution is -2.51. The number of hydrogen-bond donors (Lipinski definition) is 2. The van der Waals surface area contributed by atoms with Gasteiger partial charge >= 0.3 is 6.03 Å². The number of phenolic OH excluding ortho intramolecular Hbond substituents is 1. The average Bonchev–Trinajstić information content (AvgIpc) is 2.88. The van der Waals surface area contributed by atoms with E-state index in [2.05, 4.69) is 0 Å². The zero-order valence-electron chi connectivity index (χ0n) is 13.4. The first-order valence-electron chi connectivity index (χ1n) is 7.90. The first-order chi connectivity index (χ1) is 12.0. The summed E-state index contributed by atoms with van der Waals surface area (Å²) in [4.78, 5) is 27.4. The summed E-state index contributed by atoms with van der Waals surface area (Å²) < 4.78 is 5.90. The summed E-state index contributed by atoms with van der Waals surface area (Å²) in [5.41, 5.74) is 5.89. The van der Waals surface area contributed by atoms with E-state index in [1.807, 2.05) is 30.3 Å². The van der Waals surface area contributed by atoms with Crippen LogP contribution >= 0.6 is 0 Å². The van der Waals surface area contributed by atoms with Gasteiger partial charge in [-0.1, -0.05) is 30.3 Å². The number of primary amides is 1. The number of phenols is 1. The number of nitrogens with two attached hydrogens (primary N) is 1. The Labute approximate surface area is 144 Å². The van der Waals surface area contributed by atoms with Crippen molar-refractivity contribution in [2.45, 2.75) is 5.54 Å². The molecule has 2 heterocycles. The van der Waals surface area contributed by atoms with Gasteiger partial charge in [0.2, 0.25) is 5.91 Å². The Kier molecular flexibility index (Phi) is 3.31. The number of hydrogen-bond acceptors (Lipinski definition) is 4. The largest absolute Gasteiger partial charge is 0.508 e. The van der Waals surface area contributed by atoms with E-state index < -0.39 is 11.4 Å². The summed E-state index contributed by atoms with van der Waals surface area (Å²) in [7, 11) is 0. The van der Waals surface area contributed by atoms with Crippen LogP contribution in [0.15, 0.2) is 48.5 Å². The second-order valence-corrected chi connectivity index (χ2v) is 6.28. The number of rotatable bonds is 3. The number of urea groups is 1. The van der Waals surface area contributed by atoms with Crippen molar-refractivity contribution in [2.75, 3.05) is 24.6 Å². The van der Waals surface area contributed by atoms with Crippen LogP contribution < -0.4 is 15.4 Å². The molecule has 0 radical (unpaired) electrons. The fraction of sp³-hybridized carbons (Fsp3) is 0.222. The van der Waals surface area contributed by atoms with Crippen molar-refractivity contribution in [3.63, 3.8) is 0 Å². The highest BCUT2D eigenvalue weighted by molar-refractivity contribution is 6.00. The summed E-state index contributed by atoms with van der Waals surface area (Å²) in [5, 5.41) is 9.88. The van der Waals surface area contributed by atoms with Gasteiger partial charge in [-0.25, -0.2) is 4.79 Å². The molecule has 7 heteroatoms. The lowest BCUT2D eigenvalue weighted by Gasteiger charge is -2.41. The van der Waals surface area contributed by atoms with Crippen molar-refractivity contribution in [1.29, 1.82) is 0 Å². The number of fused-ring (bicyclic) bond motifs is 3. The molecule has 2 aromatic carbocycles. The van der Waals surface area contributed by atoms with E-state index in [0.717, 1.165) is 5.56 Å². The Morgan fingerprint density at radius 1 is 1.24 bits per heavy atom. The number of anilines is 1. The van der Waals surface area contributed by atoms with Gasteiger partial charge in [-0.3, -0.25) is 9.69 Å². The lowest BCUT2D eigenvalue weighted by molar-refractivity contribution is -0.118. The molecule has 1 unspecified atom stereocenters. The van der Waals surface area contributed by atoms with Crippen LogP contribution in [0.1, 0.15) is 5.56 Å². The Balaban J connectivity index is 1.88. The summed E-state index contributed by atoms with van der Waals surface area (Å²) in [6.45, 7) is 0.349. The van der Waals surface area contributed by atoms with Crippen molar-refractivity contribution < 1.29 is 19.4 Å². The molecule has 3 N–H and O–H groups in total. The van der Waals surface area contributed by atoms with Gasteiger partial charge in [0, 0.05) is 6.07 Å². The zero-order valence-corrected chi connectivity index (χ0v) is 13.4. The minimum atomic E-state index is -0.783. The minimum absolute atomic E-state index is 0.0346. The Morgan fingerprint density at radius 3 is 2.72 bits per heavy atom. The van der Waals surface area contributed by atoms with Crippen LogP contribution in [0.3, 0.4) is 0 Å². The fourth-order valence-corrected chi connectivity index (χ4v) is 3.59. The molecule has 1 atom stereocenters. The van der Waals surface area contributed by atoms with Crippen LogP contribution in [0.25, 0.3) is 0 Å². The van der Waals surface area contributed by atoms with Crippen LogP contribution in [0.2, 0.25) is 0 Å². The van der Waals surface area contributed by atoms with Crippen LogP contribution in [-0.2, 0) is 10.3 Å². The predicted octanol–water partition coefficient (Wildman–Crippen LogP) is 1.41. The maximum absolute atomic E-state index is 13.0. The maximum atomic E-state index is 13.0. The molecule has 0 spiro atoms. The number of nitrogens with zero attached hydrogens (tertiary/aromatic N) is 2. The molecule has 2 aromatic rings. The van der Waals surface area contributed by atoms with Gasteiger partial charge in [-0.15, -0.1) is 0 Å². The van der Waals surface area contributed by atoms with E-state index >= 15 is 0 Å². The standard InChI is InChI=1S/C18H17N3O4/c19-16(23)9-20-10-18(12-4-2-1-3-5-12)11-25-15-7-6-13(22)8-14(15)21(18)17(20)24/h1-8,22H,9-11H2,(H2,19,23). The zero-order chi connectivity index (χ0) is 17.6. The van der Waals surface area contributed by atoms with Gasteiger partial charge in [0.25, 0.3) is 0 Å². The van der Waals surface area contributed by atoms with Gasteiger partial charge in [0.15, 0.2) is 0 Å². The molecule has 0 saturated carbocycles. The molecule has 25 heavy (non-hydrogen) atoms. The number of benzene rings is 2. The van der Waals surface area contributed by atoms with Crippen LogP contribution in [0, 0.1) is 0 Å². The molecule has 1 saturated heterocycles. The van der Waals surface area contributed by atoms with E-state index in [9.17, 15) is 14.7 Å². The topological polar surface area (TPSA) is 96.1 Å². The number of amides is 3. The Bertz CT molecular complexity index is 855. The van der Waals surface area contributed by atoms with Crippen LogP contribution in [0.4, 0.5) is 10.5 Å².